The van der Waals surface area contributed by atoms with Gasteiger partial charge in [0.15, 0.2) is 0 Å². The molecule has 0 aliphatic carbocycles. The van der Waals surface area contributed by atoms with Crippen LogP contribution in [0.25, 0.3) is 10.9 Å². The van der Waals surface area contributed by atoms with E-state index >= 15 is 0 Å². The van der Waals surface area contributed by atoms with E-state index in [2.05, 4.69) is 9.88 Å². The van der Waals surface area contributed by atoms with E-state index in [1.54, 1.807) is 13.3 Å². The Balaban J connectivity index is 1.82. The maximum atomic E-state index is 10.7. The average molecular weight is 301 g/mol. The minimum Gasteiger partial charge on any atom is -0.495 e. The number of benzene rings is 1. The monoisotopic (exact) mass is 301 g/mol. The number of pyridine rings is 1. The van der Waals surface area contributed by atoms with Gasteiger partial charge in [0.25, 0.3) is 0 Å². The van der Waals surface area contributed by atoms with Crippen molar-refractivity contribution in [3.63, 3.8) is 0 Å². The first-order valence-electron chi connectivity index (χ1n) is 7.76. The summed E-state index contributed by atoms with van der Waals surface area (Å²) in [5, 5.41) is 11.6. The number of hydrogen-bond donors (Lipinski definition) is 2. The van der Waals surface area contributed by atoms with Crippen LogP contribution in [-0.4, -0.2) is 47.8 Å². The summed E-state index contributed by atoms with van der Waals surface area (Å²) in [6.45, 7) is 2.53. The fourth-order valence-corrected chi connectivity index (χ4v) is 3.03. The van der Waals surface area contributed by atoms with E-state index in [1.807, 2.05) is 24.3 Å². The molecule has 0 bridgehead atoms. The van der Waals surface area contributed by atoms with E-state index < -0.39 is 6.10 Å². The summed E-state index contributed by atoms with van der Waals surface area (Å²) >= 11 is 0. The molecule has 1 saturated heterocycles. The van der Waals surface area contributed by atoms with Gasteiger partial charge in [0.2, 0.25) is 0 Å². The number of methoxy groups -OCH3 is 1. The first-order valence-corrected chi connectivity index (χ1v) is 7.76. The van der Waals surface area contributed by atoms with Crippen molar-refractivity contribution < 1.29 is 9.84 Å². The molecule has 2 aromatic rings. The molecule has 1 unspecified atom stereocenters. The number of rotatable bonds is 4. The number of hydrogen-bond acceptors (Lipinski definition) is 5. The Hall–Kier alpha value is -1.69. The van der Waals surface area contributed by atoms with Crippen LogP contribution in [0.2, 0.25) is 0 Å². The number of aliphatic hydroxyl groups is 1. The van der Waals surface area contributed by atoms with Crippen LogP contribution < -0.4 is 10.5 Å². The predicted octanol–water partition coefficient (Wildman–Crippen LogP) is 1.70. The van der Waals surface area contributed by atoms with Gasteiger partial charge in [0, 0.05) is 18.0 Å². The fraction of sp³-hybridized carbons (Fsp3) is 0.471. The molecule has 1 aromatic carbocycles. The summed E-state index contributed by atoms with van der Waals surface area (Å²) < 4.78 is 5.25. The van der Waals surface area contributed by atoms with E-state index in [-0.39, 0.29) is 0 Å². The van der Waals surface area contributed by atoms with Gasteiger partial charge in [-0.05, 0) is 43.6 Å². The van der Waals surface area contributed by atoms with Crippen LogP contribution in [-0.2, 0) is 0 Å². The number of ether oxygens (including phenoxy) is 1. The maximum Gasteiger partial charge on any atom is 0.137 e. The third-order valence-electron chi connectivity index (χ3n) is 4.39. The second kappa shape index (κ2) is 6.60. The highest BCUT2D eigenvalue weighted by atomic mass is 16.5. The topological polar surface area (TPSA) is 71.6 Å². The number of nitrogens with zero attached hydrogens (tertiary/aromatic N) is 2. The van der Waals surface area contributed by atoms with Crippen molar-refractivity contribution >= 4 is 10.9 Å². The Bertz CT molecular complexity index is 639. The van der Waals surface area contributed by atoms with Gasteiger partial charge in [-0.2, -0.15) is 0 Å². The van der Waals surface area contributed by atoms with Gasteiger partial charge in [0.1, 0.15) is 5.75 Å². The lowest BCUT2D eigenvalue weighted by molar-refractivity contribution is 0.0986. The van der Waals surface area contributed by atoms with E-state index in [1.165, 1.54) is 0 Å². The van der Waals surface area contributed by atoms with Gasteiger partial charge < -0.3 is 20.5 Å². The second-order valence-electron chi connectivity index (χ2n) is 5.94. The molecular weight excluding hydrogens is 278 g/mol. The van der Waals surface area contributed by atoms with Crippen molar-refractivity contribution in [2.75, 3.05) is 26.7 Å². The SMILES string of the molecule is COc1cnc2cccc(C(O)CN3CCC(N)CC3)c2c1. The Morgan fingerprint density at radius 1 is 1.41 bits per heavy atom. The van der Waals surface area contributed by atoms with Crippen molar-refractivity contribution in [3.8, 4) is 5.75 Å². The molecule has 1 fully saturated rings. The van der Waals surface area contributed by atoms with Crippen molar-refractivity contribution in [3.05, 3.63) is 36.0 Å². The van der Waals surface area contributed by atoms with Gasteiger partial charge >= 0.3 is 0 Å². The van der Waals surface area contributed by atoms with E-state index in [0.717, 1.165) is 42.4 Å². The van der Waals surface area contributed by atoms with Crippen molar-refractivity contribution in [2.45, 2.75) is 25.0 Å². The largest absolute Gasteiger partial charge is 0.495 e. The zero-order chi connectivity index (χ0) is 15.5. The summed E-state index contributed by atoms with van der Waals surface area (Å²) in [4.78, 5) is 6.66. The Morgan fingerprint density at radius 3 is 2.91 bits per heavy atom. The van der Waals surface area contributed by atoms with E-state index in [9.17, 15) is 5.11 Å². The summed E-state index contributed by atoms with van der Waals surface area (Å²) in [5.74, 6) is 0.705. The van der Waals surface area contributed by atoms with Crippen LogP contribution in [0, 0.1) is 0 Å². The summed E-state index contributed by atoms with van der Waals surface area (Å²) in [6.07, 6.45) is 3.16. The molecule has 1 aromatic heterocycles. The molecule has 0 saturated carbocycles. The van der Waals surface area contributed by atoms with Gasteiger partial charge in [0.05, 0.1) is 24.9 Å². The normalized spacial score (nSPS) is 18.5. The van der Waals surface area contributed by atoms with Crippen LogP contribution in [0.4, 0.5) is 0 Å². The number of piperidine rings is 1. The highest BCUT2D eigenvalue weighted by Gasteiger charge is 2.20. The Labute approximate surface area is 130 Å². The quantitative estimate of drug-likeness (QED) is 0.899. The third-order valence-corrected chi connectivity index (χ3v) is 4.39. The van der Waals surface area contributed by atoms with Crippen molar-refractivity contribution in [1.29, 1.82) is 0 Å². The number of fused-ring (bicyclic) bond motifs is 1. The lowest BCUT2D eigenvalue weighted by Crippen LogP contribution is -2.41. The molecule has 3 N–H and O–H groups in total. The number of nitrogens with two attached hydrogens (primary N) is 1. The molecule has 1 aliphatic heterocycles. The zero-order valence-electron chi connectivity index (χ0n) is 12.9. The summed E-state index contributed by atoms with van der Waals surface area (Å²) in [6, 6.07) is 8.09. The van der Waals surface area contributed by atoms with Crippen LogP contribution >= 0.6 is 0 Å². The average Bonchev–Trinajstić information content (AvgIpc) is 2.55. The highest BCUT2D eigenvalue weighted by Crippen LogP contribution is 2.27. The fourth-order valence-electron chi connectivity index (χ4n) is 3.03. The molecular formula is C17H23N3O2. The number of aromatic nitrogens is 1. The number of aliphatic hydroxyl groups excluding tert-OH is 1. The Kier molecular flexibility index (Phi) is 4.57. The smallest absolute Gasteiger partial charge is 0.137 e. The number of β-amino-alcohol motifs (C(OH)–C–C–N with tert-alkyl or cyclic N) is 1. The third kappa shape index (κ3) is 3.21. The molecule has 1 aliphatic rings. The molecule has 1 atom stereocenters. The van der Waals surface area contributed by atoms with Gasteiger partial charge in [-0.25, -0.2) is 0 Å². The lowest BCUT2D eigenvalue weighted by Gasteiger charge is -2.31. The standard InChI is InChI=1S/C17H23N3O2/c1-22-13-9-15-14(3-2-4-16(15)19-10-13)17(21)11-20-7-5-12(18)6-8-20/h2-4,9-10,12,17,21H,5-8,11,18H2,1H3. The van der Waals surface area contributed by atoms with Crippen LogP contribution in [0.5, 0.6) is 5.75 Å². The van der Waals surface area contributed by atoms with Crippen molar-refractivity contribution in [1.82, 2.24) is 9.88 Å². The molecule has 2 heterocycles. The molecule has 118 valence electrons. The first kappa shape index (κ1) is 15.2. The summed E-state index contributed by atoms with van der Waals surface area (Å²) in [7, 11) is 1.62. The molecule has 3 rings (SSSR count). The first-order chi connectivity index (χ1) is 10.7. The maximum absolute atomic E-state index is 10.7. The minimum atomic E-state index is -0.535. The Morgan fingerprint density at radius 2 is 2.18 bits per heavy atom. The highest BCUT2D eigenvalue weighted by molar-refractivity contribution is 5.83. The van der Waals surface area contributed by atoms with E-state index in [0.29, 0.717) is 18.3 Å². The van der Waals surface area contributed by atoms with Gasteiger partial charge in [-0.1, -0.05) is 12.1 Å². The molecule has 22 heavy (non-hydrogen) atoms. The van der Waals surface area contributed by atoms with Gasteiger partial charge in [-0.15, -0.1) is 0 Å². The molecule has 0 spiro atoms. The molecule has 0 radical (unpaired) electrons. The zero-order valence-corrected chi connectivity index (χ0v) is 12.9. The van der Waals surface area contributed by atoms with Crippen LogP contribution in [0.15, 0.2) is 30.5 Å². The van der Waals surface area contributed by atoms with E-state index in [4.69, 9.17) is 10.5 Å². The van der Waals surface area contributed by atoms with Gasteiger partial charge in [-0.3, -0.25) is 4.98 Å². The molecule has 0 amide bonds. The predicted molar refractivity (Wildman–Crippen MR) is 86.9 cm³/mol. The number of likely N-dealkylation sites (tertiary alicyclic amines) is 1. The molecule has 5 heteroatoms. The lowest BCUT2D eigenvalue weighted by atomic mass is 10.0. The second-order valence-corrected chi connectivity index (χ2v) is 5.94. The molecule has 5 nitrogen and oxygen atoms in total. The van der Waals surface area contributed by atoms with Crippen LogP contribution in [0.1, 0.15) is 24.5 Å². The summed E-state index contributed by atoms with van der Waals surface area (Å²) in [5.41, 5.74) is 7.71. The van der Waals surface area contributed by atoms with Crippen LogP contribution in [0.3, 0.4) is 0 Å². The minimum absolute atomic E-state index is 0.305. The van der Waals surface area contributed by atoms with Crippen molar-refractivity contribution in [2.24, 2.45) is 5.73 Å².